The van der Waals surface area contributed by atoms with E-state index in [0.717, 1.165) is 42.6 Å². The van der Waals surface area contributed by atoms with Crippen molar-refractivity contribution in [3.8, 4) is 11.5 Å². The quantitative estimate of drug-likeness (QED) is 0.515. The Morgan fingerprint density at radius 3 is 3.00 bits per heavy atom. The lowest BCUT2D eigenvalue weighted by Gasteiger charge is -2.64. The first-order chi connectivity index (χ1) is 16.0. The fourth-order valence-corrected chi connectivity index (χ4v) is 7.91. The minimum Gasteiger partial charge on any atom is -0.504 e. The average Bonchev–Trinajstić information content (AvgIpc) is 3.43. The van der Waals surface area contributed by atoms with Gasteiger partial charge in [0.25, 0.3) is 0 Å². The van der Waals surface area contributed by atoms with Gasteiger partial charge >= 0.3 is 0 Å². The minimum atomic E-state index is -0.974. The van der Waals surface area contributed by atoms with Crippen LogP contribution in [0.1, 0.15) is 36.0 Å². The van der Waals surface area contributed by atoms with Gasteiger partial charge in [0.2, 0.25) is 5.12 Å². The molecule has 7 heteroatoms. The summed E-state index contributed by atoms with van der Waals surface area (Å²) in [6.07, 6.45) is 10.7. The number of carbonyl (C=O) groups is 1. The number of aromatic hydroxyl groups is 1. The summed E-state index contributed by atoms with van der Waals surface area (Å²) in [5.41, 5.74) is 1.34. The highest BCUT2D eigenvalue weighted by Gasteiger charge is 2.72. The molecular formula is C26H27NO5S. The summed E-state index contributed by atoms with van der Waals surface area (Å²) in [5.74, 6) is 0.613. The zero-order chi connectivity index (χ0) is 22.8. The van der Waals surface area contributed by atoms with Gasteiger partial charge in [0.05, 0.1) is 28.8 Å². The smallest absolute Gasteiger partial charge is 0.212 e. The first-order valence-electron chi connectivity index (χ1n) is 11.5. The third-order valence-corrected chi connectivity index (χ3v) is 9.26. The first-order valence-corrected chi connectivity index (χ1v) is 12.4. The van der Waals surface area contributed by atoms with Crippen LogP contribution in [0.2, 0.25) is 0 Å². The third-order valence-electron chi connectivity index (χ3n) is 8.10. The molecule has 6 rings (SSSR count). The molecule has 2 aliphatic heterocycles. The normalized spacial score (nSPS) is 34.2. The van der Waals surface area contributed by atoms with E-state index in [-0.39, 0.29) is 28.3 Å². The van der Waals surface area contributed by atoms with Gasteiger partial charge in [-0.3, -0.25) is 9.69 Å². The Labute approximate surface area is 196 Å². The van der Waals surface area contributed by atoms with Crippen LogP contribution in [0, 0.1) is 0 Å². The van der Waals surface area contributed by atoms with Gasteiger partial charge in [-0.05, 0) is 62.1 Å². The van der Waals surface area contributed by atoms with Crippen LogP contribution in [0.4, 0.5) is 0 Å². The van der Waals surface area contributed by atoms with E-state index < -0.39 is 11.0 Å². The summed E-state index contributed by atoms with van der Waals surface area (Å²) < 4.78 is 11.5. The number of hydrogen-bond donors (Lipinski definition) is 2. The number of rotatable bonds is 5. The van der Waals surface area contributed by atoms with E-state index >= 15 is 0 Å². The number of furan rings is 1. The topological polar surface area (TPSA) is 83.1 Å². The van der Waals surface area contributed by atoms with Gasteiger partial charge in [-0.25, -0.2) is 0 Å². The molecule has 2 fully saturated rings. The van der Waals surface area contributed by atoms with Crippen LogP contribution in [-0.4, -0.2) is 56.3 Å². The summed E-state index contributed by atoms with van der Waals surface area (Å²) in [7, 11) is 0. The second-order valence-electron chi connectivity index (χ2n) is 9.54. The summed E-state index contributed by atoms with van der Waals surface area (Å²) >= 11 is 1.27. The second-order valence-corrected chi connectivity index (χ2v) is 10.8. The Hall–Kier alpha value is -2.48. The maximum absolute atomic E-state index is 12.8. The first kappa shape index (κ1) is 21.1. The van der Waals surface area contributed by atoms with Gasteiger partial charge < -0.3 is 19.4 Å². The molecule has 0 radical (unpaired) electrons. The predicted octanol–water partition coefficient (Wildman–Crippen LogP) is 3.67. The number of ether oxygens (including phenoxy) is 1. The zero-order valence-corrected chi connectivity index (χ0v) is 19.1. The Morgan fingerprint density at radius 1 is 1.33 bits per heavy atom. The Morgan fingerprint density at radius 2 is 2.21 bits per heavy atom. The molecule has 2 N–H and O–H groups in total. The van der Waals surface area contributed by atoms with Crippen molar-refractivity contribution >= 4 is 23.0 Å². The van der Waals surface area contributed by atoms with Crippen molar-refractivity contribution in [2.75, 3.05) is 13.1 Å². The van der Waals surface area contributed by atoms with E-state index in [1.54, 1.807) is 36.8 Å². The van der Waals surface area contributed by atoms with Gasteiger partial charge in [0.1, 0.15) is 6.10 Å². The molecule has 2 aliphatic carbocycles. The number of phenolic OH excluding ortho intramolecular Hbond substituents is 1. The van der Waals surface area contributed by atoms with Gasteiger partial charge in [-0.15, -0.1) is 6.58 Å². The molecule has 4 aliphatic rings. The summed E-state index contributed by atoms with van der Waals surface area (Å²) in [6.45, 7) is 5.46. The van der Waals surface area contributed by atoms with E-state index in [0.29, 0.717) is 18.6 Å². The second kappa shape index (κ2) is 7.52. The van der Waals surface area contributed by atoms with Crippen LogP contribution in [0.25, 0.3) is 6.08 Å². The highest BCUT2D eigenvalue weighted by Crippen LogP contribution is 2.66. The molecule has 2 aromatic rings. The van der Waals surface area contributed by atoms with Gasteiger partial charge in [0.15, 0.2) is 11.5 Å². The Balaban J connectivity index is 1.38. The van der Waals surface area contributed by atoms with Crippen molar-refractivity contribution < 1.29 is 24.2 Å². The molecule has 0 unspecified atom stereocenters. The number of nitrogens with zero attached hydrogens (tertiary/aromatic N) is 1. The number of likely N-dealkylation sites (tertiary alicyclic amines) is 1. The number of carbonyl (C=O) groups excluding carboxylic acids is 1. The number of piperidine rings is 1. The van der Waals surface area contributed by atoms with Crippen molar-refractivity contribution in [1.82, 2.24) is 4.90 Å². The monoisotopic (exact) mass is 465 g/mol. The van der Waals surface area contributed by atoms with Crippen LogP contribution in [0.5, 0.6) is 11.5 Å². The van der Waals surface area contributed by atoms with E-state index in [4.69, 9.17) is 9.15 Å². The lowest BCUT2D eigenvalue weighted by molar-refractivity contribution is -0.181. The van der Waals surface area contributed by atoms with Crippen LogP contribution in [0.3, 0.4) is 0 Å². The summed E-state index contributed by atoms with van der Waals surface area (Å²) in [5, 5.41) is 22.8. The fraction of sp³-hybridized carbons (Fsp3) is 0.423. The minimum absolute atomic E-state index is 0.0408. The molecule has 1 aromatic heterocycles. The molecule has 2 bridgehead atoms. The van der Waals surface area contributed by atoms with Crippen LogP contribution in [-0.2, 0) is 16.6 Å². The molecule has 6 nitrogen and oxygen atoms in total. The van der Waals surface area contributed by atoms with Gasteiger partial charge in [-0.1, -0.05) is 23.9 Å². The lowest BCUT2D eigenvalue weighted by atomic mass is 9.49. The molecule has 5 atom stereocenters. The molecule has 1 spiro atoms. The van der Waals surface area contributed by atoms with Gasteiger partial charge in [0, 0.05) is 23.7 Å². The molecule has 1 aromatic carbocycles. The number of phenols is 1. The van der Waals surface area contributed by atoms with E-state index in [1.807, 2.05) is 12.1 Å². The highest BCUT2D eigenvalue weighted by molar-refractivity contribution is 8.14. The van der Waals surface area contributed by atoms with Gasteiger partial charge in [-0.2, -0.15) is 0 Å². The fourth-order valence-electron chi connectivity index (χ4n) is 6.81. The number of benzene rings is 1. The maximum Gasteiger partial charge on any atom is 0.212 e. The van der Waals surface area contributed by atoms with E-state index in [2.05, 4.69) is 11.5 Å². The molecule has 1 saturated carbocycles. The van der Waals surface area contributed by atoms with E-state index in [1.165, 1.54) is 11.8 Å². The maximum atomic E-state index is 12.8. The Kier molecular flexibility index (Phi) is 4.80. The van der Waals surface area contributed by atoms with Crippen LogP contribution >= 0.6 is 11.8 Å². The predicted molar refractivity (Wildman–Crippen MR) is 126 cm³/mol. The zero-order valence-electron chi connectivity index (χ0n) is 18.3. The van der Waals surface area contributed by atoms with Crippen molar-refractivity contribution in [1.29, 1.82) is 0 Å². The summed E-state index contributed by atoms with van der Waals surface area (Å²) in [4.78, 5) is 15.2. The third kappa shape index (κ3) is 2.85. The Bertz CT molecular complexity index is 1140. The van der Waals surface area contributed by atoms with Crippen molar-refractivity contribution in [3.05, 3.63) is 66.1 Å². The average molecular weight is 466 g/mol. The van der Waals surface area contributed by atoms with Crippen molar-refractivity contribution in [2.45, 2.75) is 54.1 Å². The molecule has 33 heavy (non-hydrogen) atoms. The van der Waals surface area contributed by atoms with E-state index in [9.17, 15) is 15.0 Å². The lowest BCUT2D eigenvalue weighted by Crippen LogP contribution is -2.76. The highest BCUT2D eigenvalue weighted by atomic mass is 32.2. The van der Waals surface area contributed by atoms with Crippen LogP contribution in [0.15, 0.2) is 53.9 Å². The van der Waals surface area contributed by atoms with Crippen molar-refractivity contribution in [3.63, 3.8) is 0 Å². The standard InChI is InChI=1S/C26H27NO5S/c1-2-11-27-12-10-25-22-17-4-5-18(28)23(22)32-24(25)19(7-9-26(25,30)20(27)14-17)33-21(29)6-3-16-8-13-31-15-16/h2-6,8,13,15,19-20,24,28,30H,1,7,9-12,14H2/b6-3+/t19-,20-,24+,25+,26-/m1/s1. The molecule has 3 heterocycles. The van der Waals surface area contributed by atoms with Crippen LogP contribution < -0.4 is 4.74 Å². The number of aliphatic hydroxyl groups is 1. The van der Waals surface area contributed by atoms with Crippen molar-refractivity contribution in [2.24, 2.45) is 0 Å². The molecular weight excluding hydrogens is 438 g/mol. The SMILES string of the molecule is C=CCN1CC[C@]23c4c5ccc(O)c4O[C@H]2[C@H](SC(=O)/C=C/c2ccoc2)CC[C@@]3(O)[C@H]1C5. The number of hydrogen-bond acceptors (Lipinski definition) is 7. The molecule has 172 valence electrons. The number of thioether (sulfide) groups is 1. The molecule has 1 saturated heterocycles. The summed E-state index contributed by atoms with van der Waals surface area (Å²) in [6, 6.07) is 5.43. The largest absolute Gasteiger partial charge is 0.504 e. The molecule has 0 amide bonds.